The van der Waals surface area contributed by atoms with E-state index in [1.165, 1.54) is 0 Å². The average molecular weight is 299 g/mol. The van der Waals surface area contributed by atoms with Gasteiger partial charge in [0.05, 0.1) is 12.7 Å². The quantitative estimate of drug-likeness (QED) is 0.759. The summed E-state index contributed by atoms with van der Waals surface area (Å²) in [6, 6.07) is 0. The molecule has 2 fully saturated rings. The molecule has 2 atom stereocenters. The van der Waals surface area contributed by atoms with E-state index < -0.39 is 5.54 Å². The lowest BCUT2D eigenvalue weighted by Gasteiger charge is -2.39. The van der Waals surface area contributed by atoms with Crippen molar-refractivity contribution in [3.05, 3.63) is 0 Å². The molecule has 0 amide bonds. The standard InChI is InChI=1S/C16H29NO4/c1-3-20-15(18)16(17-2)8-4-5-14(11-16)21-12-13-6-9-19-10-7-13/h13-14,17H,3-12H2,1-2H3. The van der Waals surface area contributed by atoms with Crippen molar-refractivity contribution in [2.75, 3.05) is 33.5 Å². The summed E-state index contributed by atoms with van der Waals surface area (Å²) >= 11 is 0. The van der Waals surface area contributed by atoms with Crippen molar-refractivity contribution >= 4 is 5.97 Å². The smallest absolute Gasteiger partial charge is 0.326 e. The van der Waals surface area contributed by atoms with Gasteiger partial charge in [0, 0.05) is 26.2 Å². The first-order chi connectivity index (χ1) is 10.2. The molecule has 0 aromatic rings. The number of rotatable bonds is 6. The molecule has 1 aliphatic carbocycles. The molecule has 0 aromatic heterocycles. The summed E-state index contributed by atoms with van der Waals surface area (Å²) < 4.78 is 16.7. The minimum Gasteiger partial charge on any atom is -0.465 e. The van der Waals surface area contributed by atoms with E-state index in [1.807, 2.05) is 14.0 Å². The lowest BCUT2D eigenvalue weighted by Crippen LogP contribution is -2.55. The van der Waals surface area contributed by atoms with Crippen molar-refractivity contribution < 1.29 is 19.0 Å². The number of hydrogen-bond acceptors (Lipinski definition) is 5. The topological polar surface area (TPSA) is 56.8 Å². The number of esters is 1. The maximum absolute atomic E-state index is 12.2. The third-order valence-corrected chi connectivity index (χ3v) is 4.76. The first-order valence-electron chi connectivity index (χ1n) is 8.25. The monoisotopic (exact) mass is 299 g/mol. The van der Waals surface area contributed by atoms with E-state index in [0.29, 0.717) is 18.9 Å². The molecule has 21 heavy (non-hydrogen) atoms. The second-order valence-electron chi connectivity index (χ2n) is 6.16. The Kier molecular flexibility index (Phi) is 6.45. The summed E-state index contributed by atoms with van der Waals surface area (Å²) in [5.41, 5.74) is -0.561. The molecule has 5 heteroatoms. The number of likely N-dealkylation sites (N-methyl/N-ethyl adjacent to an activating group) is 1. The van der Waals surface area contributed by atoms with E-state index in [-0.39, 0.29) is 12.1 Å². The van der Waals surface area contributed by atoms with Gasteiger partial charge in [-0.15, -0.1) is 0 Å². The van der Waals surface area contributed by atoms with Crippen LogP contribution in [0.5, 0.6) is 0 Å². The highest BCUT2D eigenvalue weighted by Gasteiger charge is 2.43. The molecule has 0 bridgehead atoms. The van der Waals surface area contributed by atoms with E-state index in [4.69, 9.17) is 14.2 Å². The van der Waals surface area contributed by atoms with Crippen LogP contribution in [0.1, 0.15) is 45.4 Å². The fraction of sp³-hybridized carbons (Fsp3) is 0.938. The van der Waals surface area contributed by atoms with Crippen molar-refractivity contribution in [1.82, 2.24) is 5.32 Å². The van der Waals surface area contributed by atoms with Crippen LogP contribution in [0.4, 0.5) is 0 Å². The molecule has 0 spiro atoms. The summed E-state index contributed by atoms with van der Waals surface area (Å²) in [5.74, 6) is 0.471. The van der Waals surface area contributed by atoms with Crippen LogP contribution in [0.2, 0.25) is 0 Å². The Hall–Kier alpha value is -0.650. The first-order valence-corrected chi connectivity index (χ1v) is 8.25. The molecule has 5 nitrogen and oxygen atoms in total. The fourth-order valence-electron chi connectivity index (χ4n) is 3.34. The SMILES string of the molecule is CCOC(=O)C1(NC)CCCC(OCC2CCOCC2)C1. The third kappa shape index (κ3) is 4.41. The summed E-state index contributed by atoms with van der Waals surface area (Å²) in [4.78, 5) is 12.2. The van der Waals surface area contributed by atoms with E-state index >= 15 is 0 Å². The van der Waals surface area contributed by atoms with Gasteiger partial charge in [-0.2, -0.15) is 0 Å². The van der Waals surface area contributed by atoms with Gasteiger partial charge in [0.2, 0.25) is 0 Å². The van der Waals surface area contributed by atoms with Crippen LogP contribution < -0.4 is 5.32 Å². The molecule has 1 N–H and O–H groups in total. The minimum absolute atomic E-state index is 0.133. The summed E-state index contributed by atoms with van der Waals surface area (Å²) in [5, 5.41) is 3.20. The molecular formula is C16H29NO4. The van der Waals surface area contributed by atoms with Crippen LogP contribution in [0.15, 0.2) is 0 Å². The van der Waals surface area contributed by atoms with Gasteiger partial charge in [0.15, 0.2) is 0 Å². The van der Waals surface area contributed by atoms with Crippen molar-refractivity contribution in [3.63, 3.8) is 0 Å². The largest absolute Gasteiger partial charge is 0.465 e. The Morgan fingerprint density at radius 2 is 2.10 bits per heavy atom. The number of carbonyl (C=O) groups excluding carboxylic acids is 1. The molecule has 1 saturated carbocycles. The normalized spacial score (nSPS) is 31.0. The molecule has 1 saturated heterocycles. The molecule has 0 radical (unpaired) electrons. The van der Waals surface area contributed by atoms with Gasteiger partial charge in [-0.1, -0.05) is 0 Å². The van der Waals surface area contributed by atoms with E-state index in [9.17, 15) is 4.79 Å². The minimum atomic E-state index is -0.561. The van der Waals surface area contributed by atoms with Gasteiger partial charge in [0.25, 0.3) is 0 Å². The summed E-state index contributed by atoms with van der Waals surface area (Å²) in [7, 11) is 1.85. The third-order valence-electron chi connectivity index (χ3n) is 4.76. The zero-order chi connectivity index (χ0) is 15.1. The second-order valence-corrected chi connectivity index (χ2v) is 6.16. The maximum Gasteiger partial charge on any atom is 0.326 e. The Balaban J connectivity index is 1.85. The van der Waals surface area contributed by atoms with E-state index in [0.717, 1.165) is 51.9 Å². The van der Waals surface area contributed by atoms with Crippen LogP contribution in [0.3, 0.4) is 0 Å². The Bertz CT molecular complexity index is 330. The highest BCUT2D eigenvalue weighted by molar-refractivity contribution is 5.81. The summed E-state index contributed by atoms with van der Waals surface area (Å²) in [6.07, 6.45) is 5.90. The fourth-order valence-corrected chi connectivity index (χ4v) is 3.34. The van der Waals surface area contributed by atoms with Gasteiger partial charge in [-0.3, -0.25) is 4.79 Å². The van der Waals surface area contributed by atoms with Crippen LogP contribution in [0.25, 0.3) is 0 Å². The number of hydrogen-bond donors (Lipinski definition) is 1. The van der Waals surface area contributed by atoms with Crippen molar-refractivity contribution in [3.8, 4) is 0 Å². The Morgan fingerprint density at radius 3 is 2.76 bits per heavy atom. The number of nitrogens with one attached hydrogen (secondary N) is 1. The highest BCUT2D eigenvalue weighted by atomic mass is 16.5. The van der Waals surface area contributed by atoms with E-state index in [2.05, 4.69) is 5.32 Å². The van der Waals surface area contributed by atoms with Gasteiger partial charge < -0.3 is 19.5 Å². The number of ether oxygens (including phenoxy) is 3. The van der Waals surface area contributed by atoms with Crippen molar-refractivity contribution in [2.45, 2.75) is 57.1 Å². The first kappa shape index (κ1) is 16.7. The molecule has 2 rings (SSSR count). The zero-order valence-electron chi connectivity index (χ0n) is 13.4. The van der Waals surface area contributed by atoms with Crippen LogP contribution >= 0.6 is 0 Å². The van der Waals surface area contributed by atoms with Crippen molar-refractivity contribution in [2.24, 2.45) is 5.92 Å². The molecule has 2 unspecified atom stereocenters. The van der Waals surface area contributed by atoms with Gasteiger partial charge in [-0.25, -0.2) is 0 Å². The molecule has 2 aliphatic rings. The molecule has 1 heterocycles. The van der Waals surface area contributed by atoms with E-state index in [1.54, 1.807) is 0 Å². The molecule has 1 aliphatic heterocycles. The second kappa shape index (κ2) is 8.11. The molecule has 0 aromatic carbocycles. The Labute approximate surface area is 127 Å². The lowest BCUT2D eigenvalue weighted by atomic mass is 9.80. The Morgan fingerprint density at radius 1 is 1.33 bits per heavy atom. The zero-order valence-corrected chi connectivity index (χ0v) is 13.4. The highest BCUT2D eigenvalue weighted by Crippen LogP contribution is 2.32. The maximum atomic E-state index is 12.2. The van der Waals surface area contributed by atoms with Gasteiger partial charge in [-0.05, 0) is 52.0 Å². The predicted molar refractivity (Wildman–Crippen MR) is 80.2 cm³/mol. The molecular weight excluding hydrogens is 270 g/mol. The van der Waals surface area contributed by atoms with Crippen molar-refractivity contribution in [1.29, 1.82) is 0 Å². The predicted octanol–water partition coefficient (Wildman–Crippen LogP) is 1.89. The van der Waals surface area contributed by atoms with Crippen LogP contribution in [0, 0.1) is 5.92 Å². The van der Waals surface area contributed by atoms with Gasteiger partial charge in [0.1, 0.15) is 5.54 Å². The number of carbonyl (C=O) groups is 1. The summed E-state index contributed by atoms with van der Waals surface area (Å²) in [6.45, 7) is 4.76. The van der Waals surface area contributed by atoms with Gasteiger partial charge >= 0.3 is 5.97 Å². The lowest BCUT2D eigenvalue weighted by molar-refractivity contribution is -0.155. The average Bonchev–Trinajstić information content (AvgIpc) is 2.54. The molecule has 122 valence electrons. The van der Waals surface area contributed by atoms with Crippen LogP contribution in [-0.4, -0.2) is 51.1 Å². The van der Waals surface area contributed by atoms with Crippen LogP contribution in [-0.2, 0) is 19.0 Å².